The third kappa shape index (κ3) is 3.28. The van der Waals surface area contributed by atoms with Crippen molar-refractivity contribution < 1.29 is 17.9 Å². The maximum atomic E-state index is 12.9. The molecule has 0 spiro atoms. The summed E-state index contributed by atoms with van der Waals surface area (Å²) in [6.07, 6.45) is 2.65. The monoisotopic (exact) mass is 373 g/mol. The van der Waals surface area contributed by atoms with Gasteiger partial charge in [0.05, 0.1) is 12.6 Å². The molecule has 0 saturated carbocycles. The number of benzene rings is 1. The number of pyridine rings is 1. The highest BCUT2D eigenvalue weighted by molar-refractivity contribution is 7.90. The van der Waals surface area contributed by atoms with Crippen molar-refractivity contribution >= 4 is 21.3 Å². The minimum atomic E-state index is -3.58. The molecule has 0 unspecified atom stereocenters. The SMILES string of the molecule is COc1ccccc1CN(C)C(=O)c1nc(S(C)(=O)=O)n2ccccc12. The summed E-state index contributed by atoms with van der Waals surface area (Å²) in [5, 5.41) is -0.151. The quantitative estimate of drug-likeness (QED) is 0.683. The molecular weight excluding hydrogens is 354 g/mol. The van der Waals surface area contributed by atoms with Crippen molar-refractivity contribution in [2.24, 2.45) is 0 Å². The van der Waals surface area contributed by atoms with Crippen molar-refractivity contribution in [1.29, 1.82) is 0 Å². The Morgan fingerprint density at radius 2 is 1.88 bits per heavy atom. The van der Waals surface area contributed by atoms with E-state index in [-0.39, 0.29) is 16.8 Å². The summed E-state index contributed by atoms with van der Waals surface area (Å²) in [5.41, 5.74) is 1.39. The average Bonchev–Trinajstić information content (AvgIpc) is 3.01. The Morgan fingerprint density at radius 3 is 2.58 bits per heavy atom. The number of para-hydroxylation sites is 1. The number of hydrogen-bond acceptors (Lipinski definition) is 5. The van der Waals surface area contributed by atoms with Gasteiger partial charge in [0.2, 0.25) is 15.0 Å². The first-order valence-electron chi connectivity index (χ1n) is 7.87. The third-order valence-corrected chi connectivity index (χ3v) is 4.95. The van der Waals surface area contributed by atoms with Crippen LogP contribution in [0.25, 0.3) is 5.52 Å². The number of carbonyl (C=O) groups excluding carboxylic acids is 1. The molecule has 0 aliphatic heterocycles. The van der Waals surface area contributed by atoms with E-state index >= 15 is 0 Å². The fourth-order valence-electron chi connectivity index (χ4n) is 2.77. The Kier molecular flexibility index (Phi) is 4.69. The minimum absolute atomic E-state index is 0.100. The summed E-state index contributed by atoms with van der Waals surface area (Å²) < 4.78 is 30.7. The van der Waals surface area contributed by atoms with Gasteiger partial charge in [-0.05, 0) is 18.2 Å². The normalized spacial score (nSPS) is 11.5. The van der Waals surface area contributed by atoms with Crippen molar-refractivity contribution in [1.82, 2.24) is 14.3 Å². The van der Waals surface area contributed by atoms with E-state index in [0.29, 0.717) is 17.8 Å². The molecule has 0 aliphatic rings. The fraction of sp³-hybridized carbons (Fsp3) is 0.222. The third-order valence-electron chi connectivity index (χ3n) is 4.00. The molecule has 26 heavy (non-hydrogen) atoms. The summed E-state index contributed by atoms with van der Waals surface area (Å²) >= 11 is 0. The van der Waals surface area contributed by atoms with Crippen LogP contribution in [0.1, 0.15) is 16.1 Å². The van der Waals surface area contributed by atoms with Crippen LogP contribution in [-0.2, 0) is 16.4 Å². The van der Waals surface area contributed by atoms with Crippen LogP contribution in [0.2, 0.25) is 0 Å². The molecule has 0 N–H and O–H groups in total. The molecular formula is C18H19N3O4S. The zero-order valence-corrected chi connectivity index (χ0v) is 15.5. The van der Waals surface area contributed by atoms with Gasteiger partial charge >= 0.3 is 0 Å². The predicted molar refractivity (Wildman–Crippen MR) is 97.1 cm³/mol. The highest BCUT2D eigenvalue weighted by atomic mass is 32.2. The Labute approximate surface area is 151 Å². The van der Waals surface area contributed by atoms with E-state index in [1.165, 1.54) is 9.30 Å². The fourth-order valence-corrected chi connectivity index (χ4v) is 3.54. The molecule has 0 bridgehead atoms. The standard InChI is InChI=1S/C18H19N3O4S/c1-20(12-13-8-4-5-10-15(13)25-2)17(22)16-14-9-6-7-11-21(14)18(19-16)26(3,23)24/h4-11H,12H2,1-3H3. The van der Waals surface area contributed by atoms with Gasteiger partial charge in [0.15, 0.2) is 5.69 Å². The first-order chi connectivity index (χ1) is 12.3. The molecule has 3 rings (SSSR count). The number of ether oxygens (including phenoxy) is 1. The lowest BCUT2D eigenvalue weighted by molar-refractivity contribution is 0.0780. The summed E-state index contributed by atoms with van der Waals surface area (Å²) in [6.45, 7) is 0.308. The van der Waals surface area contributed by atoms with Crippen LogP contribution in [0.5, 0.6) is 5.75 Å². The van der Waals surface area contributed by atoms with Crippen LogP contribution < -0.4 is 4.74 Å². The predicted octanol–water partition coefficient (Wildman–Crippen LogP) is 2.02. The van der Waals surface area contributed by atoms with Gasteiger partial charge in [0.25, 0.3) is 5.91 Å². The summed E-state index contributed by atoms with van der Waals surface area (Å²) in [5.74, 6) is 0.313. The van der Waals surface area contributed by atoms with Gasteiger partial charge in [-0.3, -0.25) is 9.20 Å². The molecule has 2 aromatic heterocycles. The summed E-state index contributed by atoms with van der Waals surface area (Å²) in [6, 6.07) is 12.5. The lowest BCUT2D eigenvalue weighted by atomic mass is 10.2. The van der Waals surface area contributed by atoms with E-state index < -0.39 is 9.84 Å². The molecule has 0 radical (unpaired) electrons. The second-order valence-corrected chi connectivity index (χ2v) is 7.85. The van der Waals surface area contributed by atoms with E-state index in [9.17, 15) is 13.2 Å². The highest BCUT2D eigenvalue weighted by Gasteiger charge is 2.25. The molecule has 7 nitrogen and oxygen atoms in total. The smallest absolute Gasteiger partial charge is 0.274 e. The number of fused-ring (bicyclic) bond motifs is 1. The Hall–Kier alpha value is -2.87. The van der Waals surface area contributed by atoms with Gasteiger partial charge in [-0.15, -0.1) is 0 Å². The van der Waals surface area contributed by atoms with Gasteiger partial charge in [0.1, 0.15) is 5.75 Å². The van der Waals surface area contributed by atoms with Crippen molar-refractivity contribution in [3.05, 3.63) is 59.9 Å². The maximum absolute atomic E-state index is 12.9. The zero-order valence-electron chi connectivity index (χ0n) is 14.7. The van der Waals surface area contributed by atoms with E-state index in [1.807, 2.05) is 24.3 Å². The maximum Gasteiger partial charge on any atom is 0.274 e. The molecule has 8 heteroatoms. The van der Waals surface area contributed by atoms with Gasteiger partial charge in [0, 0.05) is 31.6 Å². The molecule has 0 saturated heterocycles. The lowest BCUT2D eigenvalue weighted by Gasteiger charge is -2.18. The summed E-state index contributed by atoms with van der Waals surface area (Å²) in [7, 11) is -0.363. The topological polar surface area (TPSA) is 81.0 Å². The number of carbonyl (C=O) groups is 1. The second-order valence-electron chi connectivity index (χ2n) is 5.94. The first-order valence-corrected chi connectivity index (χ1v) is 9.76. The molecule has 1 aromatic carbocycles. The van der Waals surface area contributed by atoms with Crippen LogP contribution in [0.3, 0.4) is 0 Å². The Balaban J connectivity index is 2.00. The number of rotatable bonds is 5. The number of methoxy groups -OCH3 is 1. The minimum Gasteiger partial charge on any atom is -0.496 e. The van der Waals surface area contributed by atoms with E-state index in [4.69, 9.17) is 4.74 Å². The Morgan fingerprint density at radius 1 is 1.19 bits per heavy atom. The number of hydrogen-bond donors (Lipinski definition) is 0. The second kappa shape index (κ2) is 6.80. The van der Waals surface area contributed by atoms with Gasteiger partial charge < -0.3 is 9.64 Å². The molecule has 3 aromatic rings. The van der Waals surface area contributed by atoms with E-state index in [1.54, 1.807) is 38.6 Å². The number of nitrogens with zero attached hydrogens (tertiary/aromatic N) is 3. The van der Waals surface area contributed by atoms with Gasteiger partial charge in [-0.25, -0.2) is 13.4 Å². The Bertz CT molecular complexity index is 1070. The van der Waals surface area contributed by atoms with Crippen molar-refractivity contribution in [3.8, 4) is 5.75 Å². The van der Waals surface area contributed by atoms with Crippen LogP contribution in [0.4, 0.5) is 0 Å². The molecule has 2 heterocycles. The van der Waals surface area contributed by atoms with Crippen molar-refractivity contribution in [2.45, 2.75) is 11.7 Å². The molecule has 136 valence electrons. The van der Waals surface area contributed by atoms with Crippen molar-refractivity contribution in [2.75, 3.05) is 20.4 Å². The zero-order chi connectivity index (χ0) is 18.9. The van der Waals surface area contributed by atoms with Crippen LogP contribution in [0.15, 0.2) is 53.8 Å². The van der Waals surface area contributed by atoms with Crippen LogP contribution >= 0.6 is 0 Å². The van der Waals surface area contributed by atoms with Crippen LogP contribution in [-0.4, -0.2) is 49.0 Å². The van der Waals surface area contributed by atoms with Crippen molar-refractivity contribution in [3.63, 3.8) is 0 Å². The lowest BCUT2D eigenvalue weighted by Crippen LogP contribution is -2.27. The number of amides is 1. The number of imidazole rings is 1. The molecule has 0 aliphatic carbocycles. The average molecular weight is 373 g/mol. The molecule has 0 fully saturated rings. The summed E-state index contributed by atoms with van der Waals surface area (Å²) in [4.78, 5) is 18.5. The first kappa shape index (κ1) is 17.9. The molecule has 0 atom stereocenters. The van der Waals surface area contributed by atoms with E-state index in [2.05, 4.69) is 4.98 Å². The number of sulfone groups is 1. The van der Waals surface area contributed by atoms with Gasteiger partial charge in [-0.1, -0.05) is 24.3 Å². The largest absolute Gasteiger partial charge is 0.496 e. The molecule has 1 amide bonds. The van der Waals surface area contributed by atoms with E-state index in [0.717, 1.165) is 11.8 Å². The number of aromatic nitrogens is 2. The van der Waals surface area contributed by atoms with Gasteiger partial charge in [-0.2, -0.15) is 0 Å². The van der Waals surface area contributed by atoms with Crippen LogP contribution in [0, 0.1) is 0 Å². The highest BCUT2D eigenvalue weighted by Crippen LogP contribution is 2.22.